The average Bonchev–Trinajstić information content (AvgIpc) is 2.93. The van der Waals surface area contributed by atoms with Crippen LogP contribution in [0, 0.1) is 6.92 Å². The predicted molar refractivity (Wildman–Crippen MR) is 89.6 cm³/mol. The van der Waals surface area contributed by atoms with Gasteiger partial charge in [0.2, 0.25) is 5.65 Å². The highest BCUT2D eigenvalue weighted by molar-refractivity contribution is 6.30. The van der Waals surface area contributed by atoms with E-state index in [2.05, 4.69) is 20.3 Å². The molecule has 5 nitrogen and oxygen atoms in total. The standard InChI is InChI=1S/C17H12ClN5/c1-11-15-17(23(22-11)14-9-7-13(18)8-10-14)21-20-16(19-15)12-5-3-2-4-6-12/h2-10H,1H3. The number of rotatable bonds is 2. The molecule has 0 spiro atoms. The second-order valence-corrected chi connectivity index (χ2v) is 5.58. The molecular formula is C17H12ClN5. The van der Waals surface area contributed by atoms with Crippen LogP contribution in [0.4, 0.5) is 0 Å². The Bertz CT molecular complexity index is 977. The van der Waals surface area contributed by atoms with Gasteiger partial charge in [-0.25, -0.2) is 9.67 Å². The Morgan fingerprint density at radius 1 is 0.913 bits per heavy atom. The van der Waals surface area contributed by atoms with E-state index in [4.69, 9.17) is 11.6 Å². The van der Waals surface area contributed by atoms with Crippen LogP contribution in [0.3, 0.4) is 0 Å². The molecule has 4 aromatic rings. The maximum absolute atomic E-state index is 5.94. The van der Waals surface area contributed by atoms with Gasteiger partial charge in [0.05, 0.1) is 11.4 Å². The Morgan fingerprint density at radius 3 is 2.39 bits per heavy atom. The minimum Gasteiger partial charge on any atom is -0.221 e. The summed E-state index contributed by atoms with van der Waals surface area (Å²) in [5.41, 5.74) is 3.98. The minimum absolute atomic E-state index is 0.594. The molecule has 0 saturated carbocycles. The van der Waals surface area contributed by atoms with Crippen LogP contribution in [0.15, 0.2) is 54.6 Å². The highest BCUT2D eigenvalue weighted by Gasteiger charge is 2.14. The van der Waals surface area contributed by atoms with E-state index in [1.165, 1.54) is 0 Å². The Balaban J connectivity index is 1.88. The summed E-state index contributed by atoms with van der Waals surface area (Å²) in [6, 6.07) is 17.2. The molecule has 0 amide bonds. The Labute approximate surface area is 137 Å². The molecule has 23 heavy (non-hydrogen) atoms. The van der Waals surface area contributed by atoms with Gasteiger partial charge in [0.15, 0.2) is 5.82 Å². The average molecular weight is 322 g/mol. The third-order valence-electron chi connectivity index (χ3n) is 3.57. The zero-order chi connectivity index (χ0) is 15.8. The third-order valence-corrected chi connectivity index (χ3v) is 3.82. The topological polar surface area (TPSA) is 56.5 Å². The number of fused-ring (bicyclic) bond motifs is 1. The Kier molecular flexibility index (Phi) is 3.28. The lowest BCUT2D eigenvalue weighted by Gasteiger charge is -2.03. The monoisotopic (exact) mass is 321 g/mol. The molecule has 112 valence electrons. The lowest BCUT2D eigenvalue weighted by Crippen LogP contribution is -2.00. The first-order chi connectivity index (χ1) is 11.2. The van der Waals surface area contributed by atoms with Crippen molar-refractivity contribution in [1.82, 2.24) is 25.0 Å². The molecular weight excluding hydrogens is 310 g/mol. The van der Waals surface area contributed by atoms with Gasteiger partial charge in [0.25, 0.3) is 0 Å². The van der Waals surface area contributed by atoms with Crippen LogP contribution < -0.4 is 0 Å². The van der Waals surface area contributed by atoms with Crippen LogP contribution in [-0.4, -0.2) is 25.0 Å². The summed E-state index contributed by atoms with van der Waals surface area (Å²) in [7, 11) is 0. The maximum Gasteiger partial charge on any atom is 0.204 e. The first-order valence-corrected chi connectivity index (χ1v) is 7.51. The molecule has 2 aromatic carbocycles. The molecule has 0 aliphatic heterocycles. The van der Waals surface area contributed by atoms with Crippen molar-refractivity contribution >= 4 is 22.8 Å². The summed E-state index contributed by atoms with van der Waals surface area (Å²) in [5, 5.41) is 13.8. The third kappa shape index (κ3) is 2.45. The van der Waals surface area contributed by atoms with E-state index < -0.39 is 0 Å². The van der Waals surface area contributed by atoms with Crippen LogP contribution in [0.25, 0.3) is 28.2 Å². The number of nitrogens with zero attached hydrogens (tertiary/aromatic N) is 5. The van der Waals surface area contributed by atoms with Gasteiger partial charge in [-0.3, -0.25) is 0 Å². The molecule has 0 saturated heterocycles. The van der Waals surface area contributed by atoms with E-state index in [1.54, 1.807) is 4.68 Å². The largest absolute Gasteiger partial charge is 0.221 e. The van der Waals surface area contributed by atoms with Crippen LogP contribution in [-0.2, 0) is 0 Å². The van der Waals surface area contributed by atoms with Crippen LogP contribution >= 0.6 is 11.6 Å². The quantitative estimate of drug-likeness (QED) is 0.563. The van der Waals surface area contributed by atoms with E-state index in [0.29, 0.717) is 16.5 Å². The number of aryl methyl sites for hydroxylation is 1. The zero-order valence-corrected chi connectivity index (χ0v) is 13.1. The second-order valence-electron chi connectivity index (χ2n) is 5.15. The van der Waals surface area contributed by atoms with Crippen molar-refractivity contribution in [3.63, 3.8) is 0 Å². The molecule has 0 fully saturated rings. The Hall–Kier alpha value is -2.79. The smallest absolute Gasteiger partial charge is 0.204 e. The van der Waals surface area contributed by atoms with Crippen molar-refractivity contribution in [3.8, 4) is 17.1 Å². The fourth-order valence-corrected chi connectivity index (χ4v) is 2.55. The number of hydrogen-bond donors (Lipinski definition) is 0. The zero-order valence-electron chi connectivity index (χ0n) is 12.3. The van der Waals surface area contributed by atoms with E-state index in [1.807, 2.05) is 61.5 Å². The summed E-state index contributed by atoms with van der Waals surface area (Å²) >= 11 is 5.94. The van der Waals surface area contributed by atoms with Crippen molar-refractivity contribution in [2.45, 2.75) is 6.92 Å². The van der Waals surface area contributed by atoms with Gasteiger partial charge < -0.3 is 0 Å². The Morgan fingerprint density at radius 2 is 1.65 bits per heavy atom. The normalized spacial score (nSPS) is 11.0. The van der Waals surface area contributed by atoms with Crippen molar-refractivity contribution in [2.24, 2.45) is 0 Å². The first kappa shape index (κ1) is 13.8. The molecule has 6 heteroatoms. The number of hydrogen-bond acceptors (Lipinski definition) is 4. The molecule has 0 N–H and O–H groups in total. The van der Waals surface area contributed by atoms with Gasteiger partial charge in [-0.1, -0.05) is 41.9 Å². The highest BCUT2D eigenvalue weighted by atomic mass is 35.5. The fraction of sp³-hybridized carbons (Fsp3) is 0.0588. The molecule has 2 aromatic heterocycles. The van der Waals surface area contributed by atoms with E-state index in [-0.39, 0.29) is 0 Å². The first-order valence-electron chi connectivity index (χ1n) is 7.14. The molecule has 0 aliphatic carbocycles. The van der Waals surface area contributed by atoms with Gasteiger partial charge >= 0.3 is 0 Å². The van der Waals surface area contributed by atoms with E-state index in [9.17, 15) is 0 Å². The minimum atomic E-state index is 0.594. The maximum atomic E-state index is 5.94. The van der Waals surface area contributed by atoms with Crippen molar-refractivity contribution in [1.29, 1.82) is 0 Å². The summed E-state index contributed by atoms with van der Waals surface area (Å²) < 4.78 is 1.73. The van der Waals surface area contributed by atoms with Crippen molar-refractivity contribution in [2.75, 3.05) is 0 Å². The molecule has 4 rings (SSSR count). The summed E-state index contributed by atoms with van der Waals surface area (Å²) in [5.74, 6) is 0.594. The number of halogens is 1. The summed E-state index contributed by atoms with van der Waals surface area (Å²) in [4.78, 5) is 4.63. The van der Waals surface area contributed by atoms with Gasteiger partial charge in [-0.15, -0.1) is 10.2 Å². The lowest BCUT2D eigenvalue weighted by molar-refractivity contribution is 0.863. The summed E-state index contributed by atoms with van der Waals surface area (Å²) in [6.07, 6.45) is 0. The van der Waals surface area contributed by atoms with Crippen molar-refractivity contribution in [3.05, 3.63) is 65.3 Å². The molecule has 0 radical (unpaired) electrons. The number of benzene rings is 2. The van der Waals surface area contributed by atoms with Gasteiger partial charge in [0.1, 0.15) is 5.52 Å². The van der Waals surface area contributed by atoms with Gasteiger partial charge in [0, 0.05) is 10.6 Å². The summed E-state index contributed by atoms with van der Waals surface area (Å²) in [6.45, 7) is 1.91. The molecule has 2 heterocycles. The van der Waals surface area contributed by atoms with Crippen molar-refractivity contribution < 1.29 is 0 Å². The van der Waals surface area contributed by atoms with Crippen LogP contribution in [0.5, 0.6) is 0 Å². The van der Waals surface area contributed by atoms with E-state index in [0.717, 1.165) is 22.5 Å². The molecule has 0 unspecified atom stereocenters. The lowest BCUT2D eigenvalue weighted by atomic mass is 10.2. The van der Waals surface area contributed by atoms with Gasteiger partial charge in [-0.2, -0.15) is 5.10 Å². The highest BCUT2D eigenvalue weighted by Crippen LogP contribution is 2.22. The molecule has 0 aliphatic rings. The molecule has 0 atom stereocenters. The second kappa shape index (κ2) is 5.44. The predicted octanol–water partition coefficient (Wildman–Crippen LogP) is 3.84. The molecule has 0 bridgehead atoms. The van der Waals surface area contributed by atoms with Crippen LogP contribution in [0.1, 0.15) is 5.69 Å². The van der Waals surface area contributed by atoms with E-state index >= 15 is 0 Å². The fourth-order valence-electron chi connectivity index (χ4n) is 2.42. The van der Waals surface area contributed by atoms with Gasteiger partial charge in [-0.05, 0) is 31.2 Å². The SMILES string of the molecule is Cc1nn(-c2ccc(Cl)cc2)c2nnc(-c3ccccc3)nc12. The number of aromatic nitrogens is 5. The van der Waals surface area contributed by atoms with Crippen LogP contribution in [0.2, 0.25) is 5.02 Å².